The van der Waals surface area contributed by atoms with Crippen molar-refractivity contribution in [1.29, 1.82) is 0 Å². The number of thiazole rings is 1. The zero-order valence-corrected chi connectivity index (χ0v) is 21.1. The van der Waals surface area contributed by atoms with Crippen molar-refractivity contribution >= 4 is 17.2 Å². The summed E-state index contributed by atoms with van der Waals surface area (Å²) in [4.78, 5) is 24.0. The zero-order chi connectivity index (χ0) is 25.1. The Morgan fingerprint density at radius 1 is 1.34 bits per heavy atom. The lowest BCUT2D eigenvalue weighted by atomic mass is 9.81. The number of carbonyl (C=O) groups is 1. The highest BCUT2D eigenvalue weighted by molar-refractivity contribution is 7.13. The molecule has 7 nitrogen and oxygen atoms in total. The highest BCUT2D eigenvalue weighted by Crippen LogP contribution is 2.36. The van der Waals surface area contributed by atoms with Gasteiger partial charge in [-0.1, -0.05) is 11.3 Å². The van der Waals surface area contributed by atoms with Crippen LogP contribution in [-0.4, -0.2) is 64.6 Å². The van der Waals surface area contributed by atoms with Gasteiger partial charge in [0, 0.05) is 43.9 Å². The number of nitrogens with zero attached hydrogens (tertiary/aromatic N) is 3. The average Bonchev–Trinajstić information content (AvgIpc) is 3.33. The first kappa shape index (κ1) is 25.9. The highest BCUT2D eigenvalue weighted by atomic mass is 32.1. The van der Waals surface area contributed by atoms with Crippen LogP contribution in [0.5, 0.6) is 5.19 Å². The molecule has 35 heavy (non-hydrogen) atoms. The maximum atomic E-state index is 15.5. The fraction of sp³-hybridized carbons (Fsp3) is 0.708. The maximum absolute atomic E-state index is 15.5. The van der Waals surface area contributed by atoms with Gasteiger partial charge in [0.15, 0.2) is 6.61 Å². The van der Waals surface area contributed by atoms with Gasteiger partial charge in [0.05, 0.1) is 11.9 Å². The molecule has 4 rings (SSSR count). The summed E-state index contributed by atoms with van der Waals surface area (Å²) in [6, 6.07) is -0.0215. The number of alkyl halides is 3. The van der Waals surface area contributed by atoms with Crippen LogP contribution in [0.2, 0.25) is 0 Å². The number of hydrogen-bond acceptors (Lipinski definition) is 7. The highest BCUT2D eigenvalue weighted by Gasteiger charge is 2.36. The third kappa shape index (κ3) is 7.67. The second kappa shape index (κ2) is 10.9. The van der Waals surface area contributed by atoms with Crippen molar-refractivity contribution < 1.29 is 27.1 Å². The van der Waals surface area contributed by atoms with E-state index in [-0.39, 0.29) is 18.4 Å². The molecular formula is C24H33F3N4O3S. The fourth-order valence-corrected chi connectivity index (χ4v) is 5.59. The van der Waals surface area contributed by atoms with E-state index in [0.717, 1.165) is 37.0 Å². The number of halogens is 3. The minimum Gasteiger partial charge on any atom is -0.464 e. The van der Waals surface area contributed by atoms with Crippen LogP contribution in [0.4, 0.5) is 13.2 Å². The van der Waals surface area contributed by atoms with Gasteiger partial charge in [0.2, 0.25) is 11.8 Å². The van der Waals surface area contributed by atoms with Gasteiger partial charge in [0.25, 0.3) is 11.1 Å². The Morgan fingerprint density at radius 3 is 2.77 bits per heavy atom. The summed E-state index contributed by atoms with van der Waals surface area (Å²) in [5.74, 6) is -1.97. The lowest BCUT2D eigenvalue weighted by Gasteiger charge is -2.35. The molecule has 0 spiro atoms. The Kier molecular flexibility index (Phi) is 8.05. The lowest BCUT2D eigenvalue weighted by Crippen LogP contribution is -2.43. The molecular weight excluding hydrogens is 481 g/mol. The summed E-state index contributed by atoms with van der Waals surface area (Å²) in [6.45, 7) is 4.14. The first-order valence-corrected chi connectivity index (χ1v) is 13.0. The Balaban J connectivity index is 1.17. The zero-order valence-electron chi connectivity index (χ0n) is 20.2. The van der Waals surface area contributed by atoms with Gasteiger partial charge in [-0.3, -0.25) is 4.79 Å². The molecule has 2 aromatic rings. The summed E-state index contributed by atoms with van der Waals surface area (Å²) in [7, 11) is 0. The van der Waals surface area contributed by atoms with Crippen molar-refractivity contribution in [3.05, 3.63) is 28.4 Å². The molecule has 2 aromatic heterocycles. The van der Waals surface area contributed by atoms with Crippen LogP contribution >= 0.6 is 11.3 Å². The van der Waals surface area contributed by atoms with Crippen LogP contribution in [0, 0.1) is 6.92 Å². The van der Waals surface area contributed by atoms with E-state index in [1.165, 1.54) is 11.3 Å². The number of oxazole rings is 1. The summed E-state index contributed by atoms with van der Waals surface area (Å²) in [5.41, 5.74) is -0.319. The first-order valence-electron chi connectivity index (χ1n) is 12.2. The summed E-state index contributed by atoms with van der Waals surface area (Å²) >= 11 is 1.33. The summed E-state index contributed by atoms with van der Waals surface area (Å²) in [5, 5.41) is 3.28. The van der Waals surface area contributed by atoms with Gasteiger partial charge < -0.3 is 19.4 Å². The first-order chi connectivity index (χ1) is 16.6. The van der Waals surface area contributed by atoms with Crippen LogP contribution in [0.15, 0.2) is 10.6 Å². The molecule has 1 saturated carbocycles. The number of carbonyl (C=O) groups excluding carboxylic acids is 1. The Hall–Kier alpha value is -2.14. The third-order valence-corrected chi connectivity index (χ3v) is 7.70. The van der Waals surface area contributed by atoms with Crippen LogP contribution in [0.1, 0.15) is 61.2 Å². The van der Waals surface area contributed by atoms with Gasteiger partial charge in [-0.15, -0.1) is 0 Å². The predicted molar refractivity (Wildman–Crippen MR) is 126 cm³/mol. The molecule has 3 heterocycles. The second-order valence-electron chi connectivity index (χ2n) is 9.83. The quantitative estimate of drug-likeness (QED) is 0.538. The molecule has 0 atom stereocenters. The number of aryl methyl sites for hydroxylation is 1. The Bertz CT molecular complexity index is 973. The number of rotatable bonds is 9. The predicted octanol–water partition coefficient (Wildman–Crippen LogP) is 4.27. The van der Waals surface area contributed by atoms with E-state index in [2.05, 4.69) is 20.2 Å². The van der Waals surface area contributed by atoms with Gasteiger partial charge >= 0.3 is 0 Å². The number of fused-ring (bicyclic) bond motifs is 1. The van der Waals surface area contributed by atoms with Crippen molar-refractivity contribution in [3.63, 3.8) is 0 Å². The largest absolute Gasteiger partial charge is 0.464 e. The number of nitrogens with one attached hydrogen (secondary N) is 1. The molecule has 1 aliphatic heterocycles. The molecule has 1 fully saturated rings. The van der Waals surface area contributed by atoms with Crippen LogP contribution in [0.3, 0.4) is 0 Å². The van der Waals surface area contributed by atoms with Crippen LogP contribution in [-0.2, 0) is 24.1 Å². The van der Waals surface area contributed by atoms with Crippen molar-refractivity contribution in [2.45, 2.75) is 82.8 Å². The second-order valence-corrected chi connectivity index (χ2v) is 10.9. The molecule has 194 valence electrons. The molecule has 1 N–H and O–H groups in total. The van der Waals surface area contributed by atoms with Gasteiger partial charge in [-0.05, 0) is 45.4 Å². The molecule has 0 unspecified atom stereocenters. The smallest absolute Gasteiger partial charge is 0.278 e. The van der Waals surface area contributed by atoms with Crippen molar-refractivity contribution in [2.24, 2.45) is 0 Å². The fourth-order valence-electron chi connectivity index (χ4n) is 4.65. The molecule has 0 saturated heterocycles. The molecule has 1 aliphatic carbocycles. The number of amides is 1. The molecule has 1 amide bonds. The van der Waals surface area contributed by atoms with Gasteiger partial charge in [-0.25, -0.2) is 23.1 Å². The van der Waals surface area contributed by atoms with Gasteiger partial charge in [0.1, 0.15) is 17.8 Å². The Labute approximate surface area is 207 Å². The van der Waals surface area contributed by atoms with Gasteiger partial charge in [-0.2, -0.15) is 0 Å². The average molecular weight is 515 g/mol. The third-order valence-electron chi connectivity index (χ3n) is 6.63. The van der Waals surface area contributed by atoms with E-state index in [1.807, 2.05) is 0 Å². The Morgan fingerprint density at radius 2 is 2.09 bits per heavy atom. The van der Waals surface area contributed by atoms with E-state index in [4.69, 9.17) is 9.15 Å². The molecule has 0 bridgehead atoms. The number of aromatic nitrogens is 2. The SMILES string of the molecule is Cc1cnc(CC(=O)NC2CCC(F)(CCN3CCc4nc(OCC(C)(F)F)sc4CC3)CC2)o1. The normalized spacial score (nSPS) is 23.5. The van der Waals surface area contributed by atoms with E-state index < -0.39 is 18.2 Å². The van der Waals surface area contributed by atoms with E-state index in [1.54, 1.807) is 13.1 Å². The monoisotopic (exact) mass is 514 g/mol. The number of hydrogen-bond donors (Lipinski definition) is 1. The topological polar surface area (TPSA) is 80.5 Å². The van der Waals surface area contributed by atoms with E-state index in [9.17, 15) is 13.6 Å². The minimum atomic E-state index is -2.89. The van der Waals surface area contributed by atoms with Crippen LogP contribution < -0.4 is 10.1 Å². The molecule has 2 aliphatic rings. The van der Waals surface area contributed by atoms with Crippen molar-refractivity contribution in [3.8, 4) is 5.19 Å². The molecule has 0 radical (unpaired) electrons. The molecule has 0 aromatic carbocycles. The standard InChI is InChI=1S/C24H33F3N4O3S/c1-16-14-28-21(34-16)13-20(32)29-17-3-7-24(27,8-4-17)9-12-31-10-5-18-19(6-11-31)35-22(30-18)33-15-23(2,25)26/h14,17H,3-13,15H2,1-2H3,(H,29,32). The summed E-state index contributed by atoms with van der Waals surface area (Å²) in [6.07, 6.45) is 5.71. The van der Waals surface area contributed by atoms with Crippen LogP contribution in [0.25, 0.3) is 0 Å². The minimum absolute atomic E-state index is 0.0215. The number of ether oxygens (including phenoxy) is 1. The van der Waals surface area contributed by atoms with E-state index in [0.29, 0.717) is 61.9 Å². The lowest BCUT2D eigenvalue weighted by molar-refractivity contribution is -0.122. The van der Waals surface area contributed by atoms with Crippen molar-refractivity contribution in [2.75, 3.05) is 26.2 Å². The van der Waals surface area contributed by atoms with Crippen molar-refractivity contribution in [1.82, 2.24) is 20.2 Å². The molecule has 11 heteroatoms. The summed E-state index contributed by atoms with van der Waals surface area (Å²) < 4.78 is 52.0. The van der Waals surface area contributed by atoms with E-state index >= 15 is 4.39 Å². The maximum Gasteiger partial charge on any atom is 0.278 e.